The van der Waals surface area contributed by atoms with Crippen molar-refractivity contribution >= 4 is 44.9 Å². The van der Waals surface area contributed by atoms with Gasteiger partial charge in [0.25, 0.3) is 5.91 Å². The Hall–Kier alpha value is -2.12. The van der Waals surface area contributed by atoms with Gasteiger partial charge in [0.05, 0.1) is 24.0 Å². The number of rotatable bonds is 7. The summed E-state index contributed by atoms with van der Waals surface area (Å²) in [5.41, 5.74) is 1.10. The highest BCUT2D eigenvalue weighted by molar-refractivity contribution is 9.10. The molecule has 7 heteroatoms. The molecule has 0 saturated carbocycles. The number of hydrogen-bond donors (Lipinski definition) is 2. The van der Waals surface area contributed by atoms with Gasteiger partial charge in [-0.3, -0.25) is 10.1 Å². The topological polar surface area (TPSA) is 59.6 Å². The molecule has 0 aromatic heterocycles. The molecule has 2 rings (SSSR count). The Morgan fingerprint density at radius 3 is 2.50 bits per heavy atom. The highest BCUT2D eigenvalue weighted by Crippen LogP contribution is 2.26. The normalized spacial score (nSPS) is 10.7. The third kappa shape index (κ3) is 6.80. The zero-order chi connectivity index (χ0) is 20.7. The first-order valence-corrected chi connectivity index (χ1v) is 10.3. The van der Waals surface area contributed by atoms with Crippen LogP contribution in [-0.4, -0.2) is 23.7 Å². The van der Waals surface area contributed by atoms with Crippen molar-refractivity contribution in [2.45, 2.75) is 33.8 Å². The molecular formula is C21H25BrN2O3S. The van der Waals surface area contributed by atoms with Gasteiger partial charge in [-0.2, -0.15) is 0 Å². The number of anilines is 1. The van der Waals surface area contributed by atoms with Gasteiger partial charge in [0.15, 0.2) is 5.11 Å². The van der Waals surface area contributed by atoms with Crippen LogP contribution in [0, 0.1) is 5.92 Å². The molecule has 150 valence electrons. The molecule has 0 heterocycles. The van der Waals surface area contributed by atoms with Crippen molar-refractivity contribution in [3.63, 3.8) is 0 Å². The second-order valence-electron chi connectivity index (χ2n) is 6.92. The average Bonchev–Trinajstić information content (AvgIpc) is 2.61. The Morgan fingerprint density at radius 1 is 1.11 bits per heavy atom. The molecule has 5 nitrogen and oxygen atoms in total. The molecule has 0 fully saturated rings. The lowest BCUT2D eigenvalue weighted by Crippen LogP contribution is -2.34. The van der Waals surface area contributed by atoms with Crippen LogP contribution in [0.3, 0.4) is 0 Å². The van der Waals surface area contributed by atoms with Crippen LogP contribution in [0.25, 0.3) is 0 Å². The van der Waals surface area contributed by atoms with E-state index in [1.54, 1.807) is 12.1 Å². The van der Waals surface area contributed by atoms with Gasteiger partial charge in [0.2, 0.25) is 0 Å². The first-order chi connectivity index (χ1) is 13.3. The molecule has 0 bridgehead atoms. The number of amides is 1. The molecule has 0 aliphatic carbocycles. The summed E-state index contributed by atoms with van der Waals surface area (Å²) in [5.74, 6) is 1.23. The number of para-hydroxylation sites is 2. The van der Waals surface area contributed by atoms with Crippen LogP contribution in [0.2, 0.25) is 0 Å². The number of thiocarbonyl (C=S) groups is 1. The molecule has 1 amide bonds. The number of halogens is 1. The van der Waals surface area contributed by atoms with Gasteiger partial charge in [0, 0.05) is 4.47 Å². The van der Waals surface area contributed by atoms with Crippen molar-refractivity contribution in [1.29, 1.82) is 0 Å². The van der Waals surface area contributed by atoms with Crippen LogP contribution in [0.15, 0.2) is 46.9 Å². The number of hydrogen-bond acceptors (Lipinski definition) is 4. The van der Waals surface area contributed by atoms with E-state index in [1.165, 1.54) is 0 Å². The summed E-state index contributed by atoms with van der Waals surface area (Å²) in [5, 5.41) is 5.92. The zero-order valence-corrected chi connectivity index (χ0v) is 18.8. The van der Waals surface area contributed by atoms with Crippen LogP contribution in [-0.2, 0) is 0 Å². The summed E-state index contributed by atoms with van der Waals surface area (Å²) < 4.78 is 12.3. The van der Waals surface area contributed by atoms with Crippen molar-refractivity contribution < 1.29 is 14.3 Å². The Kier molecular flexibility index (Phi) is 8.26. The van der Waals surface area contributed by atoms with Gasteiger partial charge in [-0.25, -0.2) is 0 Å². The minimum Gasteiger partial charge on any atom is -0.491 e. The smallest absolute Gasteiger partial charge is 0.261 e. The molecular weight excluding hydrogens is 440 g/mol. The van der Waals surface area contributed by atoms with Crippen molar-refractivity contribution in [3.8, 4) is 11.5 Å². The van der Waals surface area contributed by atoms with E-state index in [4.69, 9.17) is 21.7 Å². The van der Waals surface area contributed by atoms with E-state index in [-0.39, 0.29) is 17.1 Å². The average molecular weight is 465 g/mol. The number of nitrogens with one attached hydrogen (secondary N) is 2. The molecule has 28 heavy (non-hydrogen) atoms. The molecule has 0 aliphatic rings. The van der Waals surface area contributed by atoms with Crippen LogP contribution in [0.5, 0.6) is 11.5 Å². The van der Waals surface area contributed by atoms with Crippen LogP contribution >= 0.6 is 28.1 Å². The molecule has 0 unspecified atom stereocenters. The van der Waals surface area contributed by atoms with E-state index in [9.17, 15) is 4.79 Å². The quantitative estimate of drug-likeness (QED) is 0.537. The lowest BCUT2D eigenvalue weighted by molar-refractivity contribution is 0.0972. The minimum atomic E-state index is -0.352. The molecule has 2 aromatic rings. The second-order valence-corrected chi connectivity index (χ2v) is 8.24. The number of benzene rings is 2. The molecule has 0 saturated heterocycles. The highest BCUT2D eigenvalue weighted by atomic mass is 79.9. The molecule has 2 aromatic carbocycles. The Morgan fingerprint density at radius 2 is 1.82 bits per heavy atom. The fourth-order valence-corrected chi connectivity index (χ4v) is 2.88. The summed E-state index contributed by atoms with van der Waals surface area (Å²) >= 11 is 8.71. The second kappa shape index (κ2) is 10.4. The van der Waals surface area contributed by atoms with Gasteiger partial charge in [-0.15, -0.1) is 0 Å². The van der Waals surface area contributed by atoms with Gasteiger partial charge in [0.1, 0.15) is 11.5 Å². The third-order valence-corrected chi connectivity index (χ3v) is 4.18. The standard InChI is InChI=1S/C21H25BrN2O3S/c1-13(2)12-26-19-8-6-5-7-17(19)23-21(28)24-20(25)16-11-15(22)9-10-18(16)27-14(3)4/h5-11,13-14H,12H2,1-4H3,(H2,23,24,25,28). The number of carbonyl (C=O) groups is 1. The van der Waals surface area contributed by atoms with Crippen molar-refractivity contribution in [2.75, 3.05) is 11.9 Å². The largest absolute Gasteiger partial charge is 0.491 e. The summed E-state index contributed by atoms with van der Waals surface area (Å²) in [4.78, 5) is 12.7. The summed E-state index contributed by atoms with van der Waals surface area (Å²) in [6.07, 6.45) is -0.0530. The lowest BCUT2D eigenvalue weighted by atomic mass is 10.2. The molecule has 0 radical (unpaired) electrons. The third-order valence-electron chi connectivity index (χ3n) is 3.48. The fourth-order valence-electron chi connectivity index (χ4n) is 2.31. The molecule has 0 spiro atoms. The van der Waals surface area contributed by atoms with Crippen LogP contribution in [0.1, 0.15) is 38.1 Å². The van der Waals surface area contributed by atoms with Gasteiger partial charge >= 0.3 is 0 Å². The van der Waals surface area contributed by atoms with Gasteiger partial charge < -0.3 is 14.8 Å². The fraction of sp³-hybridized carbons (Fsp3) is 0.333. The Labute approximate surface area is 179 Å². The predicted molar refractivity (Wildman–Crippen MR) is 120 cm³/mol. The first kappa shape index (κ1) is 22.2. The van der Waals surface area contributed by atoms with E-state index >= 15 is 0 Å². The Bertz CT molecular complexity index is 840. The van der Waals surface area contributed by atoms with E-state index < -0.39 is 0 Å². The van der Waals surface area contributed by atoms with Gasteiger partial charge in [-0.05, 0) is 62.3 Å². The van der Waals surface area contributed by atoms with Crippen LogP contribution in [0.4, 0.5) is 5.69 Å². The van der Waals surface area contributed by atoms with Crippen molar-refractivity contribution in [3.05, 3.63) is 52.5 Å². The minimum absolute atomic E-state index is 0.0530. The summed E-state index contributed by atoms with van der Waals surface area (Å²) in [6.45, 7) is 8.56. The molecule has 2 N–H and O–H groups in total. The molecule has 0 atom stereocenters. The maximum Gasteiger partial charge on any atom is 0.261 e. The van der Waals surface area contributed by atoms with E-state index in [2.05, 4.69) is 40.4 Å². The predicted octanol–water partition coefficient (Wildman–Crippen LogP) is 5.40. The number of ether oxygens (including phenoxy) is 2. The lowest BCUT2D eigenvalue weighted by Gasteiger charge is -2.17. The first-order valence-electron chi connectivity index (χ1n) is 9.06. The Balaban J connectivity index is 2.10. The monoisotopic (exact) mass is 464 g/mol. The maximum absolute atomic E-state index is 12.7. The van der Waals surface area contributed by atoms with E-state index in [0.29, 0.717) is 35.3 Å². The SMILES string of the molecule is CC(C)COc1ccccc1NC(=S)NC(=O)c1cc(Br)ccc1OC(C)C. The summed E-state index contributed by atoms with van der Waals surface area (Å²) in [6, 6.07) is 12.8. The maximum atomic E-state index is 12.7. The number of carbonyl (C=O) groups excluding carboxylic acids is 1. The van der Waals surface area contributed by atoms with Crippen molar-refractivity contribution in [1.82, 2.24) is 5.32 Å². The molecule has 0 aliphatic heterocycles. The highest BCUT2D eigenvalue weighted by Gasteiger charge is 2.16. The van der Waals surface area contributed by atoms with Gasteiger partial charge in [-0.1, -0.05) is 41.9 Å². The van der Waals surface area contributed by atoms with Crippen LogP contribution < -0.4 is 20.1 Å². The zero-order valence-electron chi connectivity index (χ0n) is 16.4. The van der Waals surface area contributed by atoms with Crippen molar-refractivity contribution in [2.24, 2.45) is 5.92 Å². The van der Waals surface area contributed by atoms with E-state index in [0.717, 1.165) is 4.47 Å². The summed E-state index contributed by atoms with van der Waals surface area (Å²) in [7, 11) is 0. The van der Waals surface area contributed by atoms with E-state index in [1.807, 2.05) is 44.2 Å².